The van der Waals surface area contributed by atoms with Gasteiger partial charge in [-0.2, -0.15) is 0 Å². The van der Waals surface area contributed by atoms with Crippen LogP contribution >= 0.6 is 0 Å². The zero-order valence-corrected chi connectivity index (χ0v) is 15.0. The maximum absolute atomic E-state index is 12.7. The molecule has 1 aliphatic heterocycles. The van der Waals surface area contributed by atoms with Gasteiger partial charge in [0.05, 0.1) is 12.2 Å². The Kier molecular flexibility index (Phi) is 5.55. The number of rotatable bonds is 6. The van der Waals surface area contributed by atoms with Gasteiger partial charge in [-0.15, -0.1) is 0 Å². The Bertz CT molecular complexity index is 974. The second-order valence-electron chi connectivity index (χ2n) is 5.78. The highest BCUT2D eigenvalue weighted by molar-refractivity contribution is 6.26. The number of carbonyl (C=O) groups excluding carboxylic acids is 2. The third kappa shape index (κ3) is 4.09. The highest BCUT2D eigenvalue weighted by Crippen LogP contribution is 2.28. The molecule has 0 bridgehead atoms. The fourth-order valence-electron chi connectivity index (χ4n) is 2.53. The van der Waals surface area contributed by atoms with Crippen LogP contribution < -0.4 is 5.32 Å². The first kappa shape index (κ1) is 18.9. The molecule has 3 rings (SSSR count). The van der Waals surface area contributed by atoms with Crippen molar-refractivity contribution in [1.82, 2.24) is 0 Å². The number of carboxylic acids is 1. The van der Waals surface area contributed by atoms with Gasteiger partial charge in [-0.05, 0) is 42.8 Å². The van der Waals surface area contributed by atoms with Crippen molar-refractivity contribution in [2.75, 3.05) is 11.9 Å². The number of hydrogen-bond acceptors (Lipinski definition) is 6. The van der Waals surface area contributed by atoms with Gasteiger partial charge in [0, 0.05) is 5.69 Å². The third-order valence-electron chi connectivity index (χ3n) is 3.86. The first-order valence-corrected chi connectivity index (χ1v) is 8.50. The molecule has 0 aliphatic carbocycles. The molecule has 2 aromatic carbocycles. The van der Waals surface area contributed by atoms with Crippen LogP contribution in [0.1, 0.15) is 22.8 Å². The molecule has 2 aromatic rings. The van der Waals surface area contributed by atoms with Crippen LogP contribution in [-0.2, 0) is 19.1 Å². The van der Waals surface area contributed by atoms with E-state index in [1.165, 1.54) is 18.2 Å². The molecule has 0 unspecified atom stereocenters. The van der Waals surface area contributed by atoms with Gasteiger partial charge in [-0.25, -0.2) is 9.59 Å². The molecular formula is C21H17NO6. The van der Waals surface area contributed by atoms with Gasteiger partial charge in [0.2, 0.25) is 11.7 Å². The second-order valence-corrected chi connectivity index (χ2v) is 5.78. The Labute approximate surface area is 160 Å². The van der Waals surface area contributed by atoms with Crippen molar-refractivity contribution in [3.05, 3.63) is 82.9 Å². The highest BCUT2D eigenvalue weighted by atomic mass is 16.5. The number of nitrogens with one attached hydrogen (secondary N) is 1. The first-order chi connectivity index (χ1) is 13.5. The molecule has 0 radical (unpaired) electrons. The number of aromatic carboxylic acids is 1. The van der Waals surface area contributed by atoms with Crippen LogP contribution in [0, 0.1) is 0 Å². The fraction of sp³-hybridized carbons (Fsp3) is 0.0952. The van der Waals surface area contributed by atoms with Crippen molar-refractivity contribution < 1.29 is 29.0 Å². The molecule has 0 atom stereocenters. The molecule has 0 fully saturated rings. The van der Waals surface area contributed by atoms with E-state index in [1.807, 2.05) is 6.07 Å². The highest BCUT2D eigenvalue weighted by Gasteiger charge is 2.36. The van der Waals surface area contributed by atoms with Crippen molar-refractivity contribution in [3.8, 4) is 0 Å². The van der Waals surface area contributed by atoms with E-state index in [4.69, 9.17) is 14.6 Å². The third-order valence-corrected chi connectivity index (χ3v) is 3.86. The van der Waals surface area contributed by atoms with Crippen LogP contribution in [0.2, 0.25) is 0 Å². The normalized spacial score (nSPS) is 14.8. The smallest absolute Gasteiger partial charge is 0.347 e. The quantitative estimate of drug-likeness (QED) is 0.451. The largest absolute Gasteiger partial charge is 0.478 e. The van der Waals surface area contributed by atoms with E-state index in [9.17, 15) is 14.4 Å². The minimum atomic E-state index is -1.05. The molecule has 7 heteroatoms. The summed E-state index contributed by atoms with van der Waals surface area (Å²) in [6.45, 7) is 1.76. The van der Waals surface area contributed by atoms with Crippen molar-refractivity contribution >= 4 is 29.5 Å². The van der Waals surface area contributed by atoms with E-state index in [0.29, 0.717) is 11.3 Å². The first-order valence-electron chi connectivity index (χ1n) is 8.50. The molecule has 28 heavy (non-hydrogen) atoms. The number of ketones is 1. The molecule has 1 heterocycles. The number of ether oxygens (including phenoxy) is 2. The number of Topliss-reactive ketones (excluding diaryl/α,β-unsaturated/α-hetero) is 1. The minimum absolute atomic E-state index is 0.0111. The van der Waals surface area contributed by atoms with Crippen LogP contribution in [0.25, 0.3) is 6.08 Å². The number of benzene rings is 2. The summed E-state index contributed by atoms with van der Waals surface area (Å²) >= 11 is 0. The summed E-state index contributed by atoms with van der Waals surface area (Å²) in [4.78, 5) is 35.9. The van der Waals surface area contributed by atoms with E-state index in [2.05, 4.69) is 5.32 Å². The number of esters is 1. The monoisotopic (exact) mass is 379 g/mol. The van der Waals surface area contributed by atoms with Gasteiger partial charge in [-0.3, -0.25) is 4.79 Å². The lowest BCUT2D eigenvalue weighted by Gasteiger charge is -2.08. The summed E-state index contributed by atoms with van der Waals surface area (Å²) in [5.41, 5.74) is 1.09. The summed E-state index contributed by atoms with van der Waals surface area (Å²) in [6.07, 6.45) is 1.44. The molecule has 142 valence electrons. The van der Waals surface area contributed by atoms with Crippen LogP contribution in [0.3, 0.4) is 0 Å². The number of allylic oxidation sites excluding steroid dienone is 1. The van der Waals surface area contributed by atoms with Gasteiger partial charge in [-0.1, -0.05) is 30.3 Å². The predicted octanol–water partition coefficient (Wildman–Crippen LogP) is 3.21. The van der Waals surface area contributed by atoms with Gasteiger partial charge in [0.25, 0.3) is 0 Å². The number of anilines is 1. The van der Waals surface area contributed by atoms with Crippen LogP contribution in [0.15, 0.2) is 71.8 Å². The van der Waals surface area contributed by atoms with Crippen molar-refractivity contribution in [2.24, 2.45) is 0 Å². The zero-order chi connectivity index (χ0) is 20.1. The van der Waals surface area contributed by atoms with Crippen molar-refractivity contribution in [3.63, 3.8) is 0 Å². The second kappa shape index (κ2) is 8.22. The average Bonchev–Trinajstić information content (AvgIpc) is 2.98. The van der Waals surface area contributed by atoms with Gasteiger partial charge < -0.3 is 19.9 Å². The summed E-state index contributed by atoms with van der Waals surface area (Å²) in [5.74, 6) is -2.52. The molecule has 0 saturated heterocycles. The van der Waals surface area contributed by atoms with Gasteiger partial charge in [0.15, 0.2) is 11.3 Å². The van der Waals surface area contributed by atoms with Gasteiger partial charge >= 0.3 is 11.9 Å². The van der Waals surface area contributed by atoms with E-state index in [1.54, 1.807) is 43.3 Å². The minimum Gasteiger partial charge on any atom is -0.478 e. The lowest BCUT2D eigenvalue weighted by atomic mass is 10.1. The van der Waals surface area contributed by atoms with E-state index < -0.39 is 17.7 Å². The topological polar surface area (TPSA) is 102 Å². The Hall–Kier alpha value is -3.87. The summed E-state index contributed by atoms with van der Waals surface area (Å²) in [5, 5.41) is 11.9. The average molecular weight is 379 g/mol. The number of para-hydroxylation sites is 1. The molecule has 0 saturated carbocycles. The Morgan fingerprint density at radius 2 is 1.79 bits per heavy atom. The summed E-state index contributed by atoms with van der Waals surface area (Å²) in [7, 11) is 0. The molecule has 1 aliphatic rings. The molecule has 0 aromatic heterocycles. The van der Waals surface area contributed by atoms with Crippen molar-refractivity contribution in [2.45, 2.75) is 6.92 Å². The standard InChI is InChI=1S/C21H17NO6/c1-2-27-21(26)17-18(23)16(12-13-8-10-14(11-9-13)20(24)25)28-19(17)22-15-6-4-3-5-7-15/h3-12,22H,2H2,1H3,(H,24,25)/b16-12-. The van der Waals surface area contributed by atoms with Crippen molar-refractivity contribution in [1.29, 1.82) is 0 Å². The van der Waals surface area contributed by atoms with Crippen LogP contribution in [0.4, 0.5) is 5.69 Å². The van der Waals surface area contributed by atoms with Crippen LogP contribution in [-0.4, -0.2) is 29.4 Å². The SMILES string of the molecule is CCOC(=O)C1=C(Nc2ccccc2)O/C(=C\c2ccc(C(=O)O)cc2)C1=O. The Balaban J connectivity index is 1.91. The maximum Gasteiger partial charge on any atom is 0.347 e. The van der Waals surface area contributed by atoms with E-state index in [0.717, 1.165) is 0 Å². The Morgan fingerprint density at radius 1 is 1.11 bits per heavy atom. The van der Waals surface area contributed by atoms with Crippen LogP contribution in [0.5, 0.6) is 0 Å². The molecule has 0 amide bonds. The summed E-state index contributed by atoms with van der Waals surface area (Å²) in [6, 6.07) is 14.9. The molecule has 7 nitrogen and oxygen atoms in total. The van der Waals surface area contributed by atoms with Gasteiger partial charge in [0.1, 0.15) is 0 Å². The van der Waals surface area contributed by atoms with E-state index >= 15 is 0 Å². The molecule has 0 spiro atoms. The lowest BCUT2D eigenvalue weighted by molar-refractivity contribution is -0.139. The zero-order valence-electron chi connectivity index (χ0n) is 15.0. The molecular weight excluding hydrogens is 362 g/mol. The maximum atomic E-state index is 12.7. The molecule has 2 N–H and O–H groups in total. The predicted molar refractivity (Wildman–Crippen MR) is 101 cm³/mol. The summed E-state index contributed by atoms with van der Waals surface area (Å²) < 4.78 is 10.6. The number of carboxylic acid groups (broad SMARTS) is 1. The number of hydrogen-bond donors (Lipinski definition) is 2. The fourth-order valence-corrected chi connectivity index (χ4v) is 2.53. The van der Waals surface area contributed by atoms with E-state index in [-0.39, 0.29) is 29.4 Å². The Morgan fingerprint density at radius 3 is 2.39 bits per heavy atom. The lowest BCUT2D eigenvalue weighted by Crippen LogP contribution is -2.16. The number of carbonyl (C=O) groups is 3.